The van der Waals surface area contributed by atoms with Crippen LogP contribution in [0.15, 0.2) is 54.6 Å². The van der Waals surface area contributed by atoms with E-state index in [1.165, 1.54) is 11.9 Å². The maximum atomic E-state index is 12.4. The highest BCUT2D eigenvalue weighted by atomic mass is 16.5. The Morgan fingerprint density at radius 2 is 1.61 bits per heavy atom. The van der Waals surface area contributed by atoms with Crippen LogP contribution in [0.5, 0.6) is 5.75 Å². The van der Waals surface area contributed by atoms with Crippen molar-refractivity contribution < 1.29 is 23.9 Å². The molecule has 0 spiro atoms. The van der Waals surface area contributed by atoms with Crippen LogP contribution in [-0.2, 0) is 14.3 Å². The molecule has 28 heavy (non-hydrogen) atoms. The molecule has 0 atom stereocenters. The molecule has 0 saturated heterocycles. The smallest absolute Gasteiger partial charge is 0.260 e. The van der Waals surface area contributed by atoms with Crippen molar-refractivity contribution in [2.45, 2.75) is 0 Å². The van der Waals surface area contributed by atoms with Crippen LogP contribution >= 0.6 is 0 Å². The van der Waals surface area contributed by atoms with Crippen LogP contribution in [0.1, 0.15) is 15.9 Å². The first-order valence-electron chi connectivity index (χ1n) is 8.83. The Balaban J connectivity index is 1.81. The van der Waals surface area contributed by atoms with Crippen molar-refractivity contribution >= 4 is 17.6 Å². The van der Waals surface area contributed by atoms with Crippen molar-refractivity contribution in [1.29, 1.82) is 0 Å². The first kappa shape index (κ1) is 21.1. The van der Waals surface area contributed by atoms with E-state index in [1.54, 1.807) is 43.5 Å². The number of hydrogen-bond acceptors (Lipinski definition) is 5. The molecule has 0 fully saturated rings. The highest BCUT2D eigenvalue weighted by Gasteiger charge is 2.14. The van der Waals surface area contributed by atoms with Crippen molar-refractivity contribution in [2.75, 3.05) is 40.5 Å². The lowest BCUT2D eigenvalue weighted by Crippen LogP contribution is -2.41. The second-order valence-corrected chi connectivity index (χ2v) is 6.10. The van der Waals surface area contributed by atoms with Crippen molar-refractivity contribution in [1.82, 2.24) is 10.2 Å². The standard InChI is InChI=1S/C21H24N2O5/c1-23(14-19(24)22-12-13-27-2)20(25)15-28-18-10-8-17(9-11-18)21(26)16-6-4-3-5-7-16/h3-11H,12-15H2,1-2H3,(H,22,24). The predicted octanol–water partition coefficient (Wildman–Crippen LogP) is 1.52. The van der Waals surface area contributed by atoms with Gasteiger partial charge in [0.15, 0.2) is 12.4 Å². The molecule has 0 heterocycles. The Labute approximate surface area is 164 Å². The fourth-order valence-electron chi connectivity index (χ4n) is 2.37. The fourth-order valence-corrected chi connectivity index (χ4v) is 2.37. The molecule has 0 saturated carbocycles. The van der Waals surface area contributed by atoms with Gasteiger partial charge in [-0.05, 0) is 24.3 Å². The van der Waals surface area contributed by atoms with Gasteiger partial charge in [0.2, 0.25) is 5.91 Å². The van der Waals surface area contributed by atoms with Gasteiger partial charge < -0.3 is 19.7 Å². The molecule has 0 aliphatic carbocycles. The second kappa shape index (κ2) is 10.8. The van der Waals surface area contributed by atoms with Gasteiger partial charge in [-0.2, -0.15) is 0 Å². The van der Waals surface area contributed by atoms with E-state index in [0.29, 0.717) is 30.0 Å². The second-order valence-electron chi connectivity index (χ2n) is 6.10. The Hall–Kier alpha value is -3.19. The van der Waals surface area contributed by atoms with E-state index in [9.17, 15) is 14.4 Å². The zero-order valence-corrected chi connectivity index (χ0v) is 16.0. The molecular formula is C21H24N2O5. The molecular weight excluding hydrogens is 360 g/mol. The zero-order chi connectivity index (χ0) is 20.4. The van der Waals surface area contributed by atoms with Gasteiger partial charge in [0.25, 0.3) is 5.91 Å². The normalized spacial score (nSPS) is 10.2. The Kier molecular flexibility index (Phi) is 8.17. The van der Waals surface area contributed by atoms with E-state index < -0.39 is 0 Å². The summed E-state index contributed by atoms with van der Waals surface area (Å²) < 4.78 is 10.3. The summed E-state index contributed by atoms with van der Waals surface area (Å²) in [6, 6.07) is 15.6. The monoisotopic (exact) mass is 384 g/mol. The van der Waals surface area contributed by atoms with Gasteiger partial charge in [-0.1, -0.05) is 30.3 Å². The molecule has 0 aliphatic rings. The van der Waals surface area contributed by atoms with Crippen LogP contribution in [0.2, 0.25) is 0 Å². The minimum absolute atomic E-state index is 0.0591. The Morgan fingerprint density at radius 1 is 0.964 bits per heavy atom. The molecule has 7 nitrogen and oxygen atoms in total. The first-order valence-corrected chi connectivity index (χ1v) is 8.83. The van der Waals surface area contributed by atoms with Crippen LogP contribution in [0.3, 0.4) is 0 Å². The van der Waals surface area contributed by atoms with Crippen molar-refractivity contribution in [3.63, 3.8) is 0 Å². The van der Waals surface area contributed by atoms with Gasteiger partial charge in [0.05, 0.1) is 13.2 Å². The number of amides is 2. The van der Waals surface area contributed by atoms with Gasteiger partial charge in [0, 0.05) is 31.8 Å². The quantitative estimate of drug-likeness (QED) is 0.496. The summed E-state index contributed by atoms with van der Waals surface area (Å²) in [5.74, 6) is -0.207. The van der Waals surface area contributed by atoms with Crippen molar-refractivity contribution in [3.05, 3.63) is 65.7 Å². The van der Waals surface area contributed by atoms with Crippen LogP contribution in [0.4, 0.5) is 0 Å². The molecule has 0 unspecified atom stereocenters. The number of methoxy groups -OCH3 is 1. The summed E-state index contributed by atoms with van der Waals surface area (Å²) in [7, 11) is 3.08. The Bertz CT molecular complexity index is 790. The maximum absolute atomic E-state index is 12.4. The van der Waals surface area contributed by atoms with E-state index in [-0.39, 0.29) is 30.7 Å². The third-order valence-electron chi connectivity index (χ3n) is 3.95. The third-order valence-corrected chi connectivity index (χ3v) is 3.95. The number of nitrogens with zero attached hydrogens (tertiary/aromatic N) is 1. The number of rotatable bonds is 10. The zero-order valence-electron chi connectivity index (χ0n) is 16.0. The number of hydrogen-bond donors (Lipinski definition) is 1. The molecule has 2 amide bonds. The molecule has 2 aromatic carbocycles. The largest absolute Gasteiger partial charge is 0.484 e. The number of carbonyl (C=O) groups excluding carboxylic acids is 3. The van der Waals surface area contributed by atoms with E-state index >= 15 is 0 Å². The molecule has 0 radical (unpaired) electrons. The topological polar surface area (TPSA) is 84.9 Å². The summed E-state index contributed by atoms with van der Waals surface area (Å²) in [5.41, 5.74) is 1.14. The minimum Gasteiger partial charge on any atom is -0.484 e. The molecule has 7 heteroatoms. The molecule has 148 valence electrons. The summed E-state index contributed by atoms with van der Waals surface area (Å²) >= 11 is 0. The lowest BCUT2D eigenvalue weighted by molar-refractivity contribution is -0.136. The van der Waals surface area contributed by atoms with Gasteiger partial charge in [-0.3, -0.25) is 14.4 Å². The van der Waals surface area contributed by atoms with E-state index in [4.69, 9.17) is 9.47 Å². The molecule has 0 aliphatic heterocycles. The SMILES string of the molecule is COCCNC(=O)CN(C)C(=O)COc1ccc(C(=O)c2ccccc2)cc1. The maximum Gasteiger partial charge on any atom is 0.260 e. The summed E-state index contributed by atoms with van der Waals surface area (Å²) in [6.07, 6.45) is 0. The van der Waals surface area contributed by atoms with Crippen molar-refractivity contribution in [2.24, 2.45) is 0 Å². The summed E-state index contributed by atoms with van der Waals surface area (Å²) in [6.45, 7) is 0.543. The lowest BCUT2D eigenvalue weighted by atomic mass is 10.0. The van der Waals surface area contributed by atoms with Crippen LogP contribution in [0, 0.1) is 0 Å². The number of carbonyl (C=O) groups is 3. The highest BCUT2D eigenvalue weighted by molar-refractivity contribution is 6.09. The fraction of sp³-hybridized carbons (Fsp3) is 0.286. The van der Waals surface area contributed by atoms with Gasteiger partial charge in [-0.15, -0.1) is 0 Å². The average Bonchev–Trinajstić information content (AvgIpc) is 2.72. The van der Waals surface area contributed by atoms with Gasteiger partial charge in [0.1, 0.15) is 5.75 Å². The summed E-state index contributed by atoms with van der Waals surface area (Å²) in [4.78, 5) is 37.4. The highest BCUT2D eigenvalue weighted by Crippen LogP contribution is 2.15. The molecule has 0 bridgehead atoms. The van der Waals surface area contributed by atoms with E-state index in [1.807, 2.05) is 18.2 Å². The van der Waals surface area contributed by atoms with E-state index in [0.717, 1.165) is 0 Å². The third kappa shape index (κ3) is 6.51. The number of ketones is 1. The summed E-state index contributed by atoms with van der Waals surface area (Å²) in [5, 5.41) is 2.64. The van der Waals surface area contributed by atoms with Gasteiger partial charge in [-0.25, -0.2) is 0 Å². The number of benzene rings is 2. The molecule has 2 rings (SSSR count). The molecule has 1 N–H and O–H groups in total. The van der Waals surface area contributed by atoms with Gasteiger partial charge >= 0.3 is 0 Å². The van der Waals surface area contributed by atoms with Crippen LogP contribution in [-0.4, -0.2) is 63.0 Å². The Morgan fingerprint density at radius 3 is 2.25 bits per heavy atom. The lowest BCUT2D eigenvalue weighted by Gasteiger charge is -2.17. The number of nitrogens with one attached hydrogen (secondary N) is 1. The minimum atomic E-state index is -0.327. The van der Waals surface area contributed by atoms with Crippen molar-refractivity contribution in [3.8, 4) is 5.75 Å². The van der Waals surface area contributed by atoms with Crippen LogP contribution < -0.4 is 10.1 Å². The van der Waals surface area contributed by atoms with E-state index in [2.05, 4.69) is 5.32 Å². The van der Waals surface area contributed by atoms with Crippen LogP contribution in [0.25, 0.3) is 0 Å². The first-order chi connectivity index (χ1) is 13.5. The number of likely N-dealkylation sites (N-methyl/N-ethyl adjacent to an activating group) is 1. The molecule has 0 aromatic heterocycles. The number of ether oxygens (including phenoxy) is 2. The average molecular weight is 384 g/mol. The predicted molar refractivity (Wildman–Crippen MR) is 104 cm³/mol. The molecule has 2 aromatic rings.